The van der Waals surface area contributed by atoms with Gasteiger partial charge in [0, 0.05) is 23.2 Å². The lowest BCUT2D eigenvalue weighted by Crippen LogP contribution is -2.28. The molecule has 4 rings (SSSR count). The minimum atomic E-state index is -0.508. The van der Waals surface area contributed by atoms with Crippen molar-refractivity contribution < 1.29 is 18.8 Å². The molecule has 1 aromatic heterocycles. The third-order valence-electron chi connectivity index (χ3n) is 5.66. The number of hydrogen-bond acceptors (Lipinski definition) is 7. The van der Waals surface area contributed by atoms with E-state index in [2.05, 4.69) is 34.8 Å². The fraction of sp³-hybridized carbons (Fsp3) is 0.214. The molecule has 184 valence electrons. The largest absolute Gasteiger partial charge is 0.416 e. The van der Waals surface area contributed by atoms with E-state index in [1.807, 2.05) is 66.7 Å². The number of rotatable bonds is 8. The maximum Gasteiger partial charge on any atom is 0.331 e. The van der Waals surface area contributed by atoms with Gasteiger partial charge < -0.3 is 14.6 Å². The van der Waals surface area contributed by atoms with Gasteiger partial charge in [0.25, 0.3) is 5.91 Å². The minimum absolute atomic E-state index is 0.0891. The van der Waals surface area contributed by atoms with Gasteiger partial charge in [0.1, 0.15) is 0 Å². The standard InChI is InChI=1S/C28H28N4O4/c1-4-24(33)36-32-26(34)22-12-8-9-13-23(22)29-25(18(2)3)19-14-16-21(17-15-19)28-31-30-27(35-28)20-10-6-5-7-11-20/h5-18,25,29H,4H2,1-3H3,(H,32,34)/t25-/m0/s1. The molecule has 0 fully saturated rings. The average molecular weight is 485 g/mol. The summed E-state index contributed by atoms with van der Waals surface area (Å²) < 4.78 is 5.87. The van der Waals surface area contributed by atoms with Crippen LogP contribution in [0.1, 0.15) is 49.2 Å². The van der Waals surface area contributed by atoms with E-state index in [0.29, 0.717) is 23.0 Å². The van der Waals surface area contributed by atoms with E-state index in [1.165, 1.54) is 0 Å². The molecule has 0 unspecified atom stereocenters. The SMILES string of the molecule is CCC(=O)ONC(=O)c1ccccc1N[C@H](c1ccc(-c2nnc(-c3ccccc3)o2)cc1)C(C)C. The van der Waals surface area contributed by atoms with E-state index in [9.17, 15) is 9.59 Å². The predicted molar refractivity (Wildman–Crippen MR) is 137 cm³/mol. The number of nitrogens with one attached hydrogen (secondary N) is 2. The van der Waals surface area contributed by atoms with Gasteiger partial charge >= 0.3 is 5.97 Å². The van der Waals surface area contributed by atoms with Gasteiger partial charge in [-0.2, -0.15) is 5.48 Å². The number of para-hydroxylation sites is 1. The number of aromatic nitrogens is 2. The quantitative estimate of drug-likeness (QED) is 0.304. The van der Waals surface area contributed by atoms with E-state index >= 15 is 0 Å². The van der Waals surface area contributed by atoms with Crippen molar-refractivity contribution in [3.05, 3.63) is 90.0 Å². The molecule has 0 radical (unpaired) electrons. The number of benzene rings is 3. The number of hydrogen-bond donors (Lipinski definition) is 2. The molecule has 8 heteroatoms. The van der Waals surface area contributed by atoms with E-state index in [4.69, 9.17) is 9.25 Å². The van der Waals surface area contributed by atoms with Crippen LogP contribution in [0.5, 0.6) is 0 Å². The van der Waals surface area contributed by atoms with Crippen LogP contribution < -0.4 is 10.8 Å². The summed E-state index contributed by atoms with van der Waals surface area (Å²) in [5.41, 5.74) is 5.94. The van der Waals surface area contributed by atoms with Gasteiger partial charge in [-0.1, -0.05) is 63.2 Å². The summed E-state index contributed by atoms with van der Waals surface area (Å²) in [6.07, 6.45) is 0.169. The molecule has 36 heavy (non-hydrogen) atoms. The maximum atomic E-state index is 12.6. The lowest BCUT2D eigenvalue weighted by Gasteiger charge is -2.25. The first-order chi connectivity index (χ1) is 17.5. The second kappa shape index (κ2) is 11.3. The Hall–Kier alpha value is -4.46. The molecule has 4 aromatic rings. The van der Waals surface area contributed by atoms with Crippen LogP contribution in [0, 0.1) is 5.92 Å². The van der Waals surface area contributed by atoms with Crippen molar-refractivity contribution in [1.82, 2.24) is 15.7 Å². The molecule has 1 atom stereocenters. The van der Waals surface area contributed by atoms with Crippen molar-refractivity contribution in [3.63, 3.8) is 0 Å². The number of carbonyl (C=O) groups is 2. The molecule has 1 amide bonds. The molecule has 0 saturated carbocycles. The second-order valence-corrected chi connectivity index (χ2v) is 8.57. The van der Waals surface area contributed by atoms with E-state index in [-0.39, 0.29) is 18.4 Å². The Balaban J connectivity index is 1.52. The van der Waals surface area contributed by atoms with Gasteiger partial charge in [0.05, 0.1) is 11.6 Å². The zero-order valence-electron chi connectivity index (χ0n) is 20.4. The predicted octanol–water partition coefficient (Wildman–Crippen LogP) is 5.81. The highest BCUT2D eigenvalue weighted by Crippen LogP contribution is 2.30. The second-order valence-electron chi connectivity index (χ2n) is 8.57. The van der Waals surface area contributed by atoms with Crippen LogP contribution in [-0.4, -0.2) is 22.1 Å². The number of anilines is 1. The summed E-state index contributed by atoms with van der Waals surface area (Å²) in [6, 6.07) is 24.5. The van der Waals surface area contributed by atoms with Gasteiger partial charge in [-0.3, -0.25) is 4.79 Å². The molecule has 3 aromatic carbocycles. The van der Waals surface area contributed by atoms with Crippen LogP contribution in [-0.2, 0) is 9.63 Å². The normalized spacial score (nSPS) is 11.7. The Morgan fingerprint density at radius 1 is 0.861 bits per heavy atom. The van der Waals surface area contributed by atoms with Gasteiger partial charge in [0.2, 0.25) is 11.8 Å². The zero-order chi connectivity index (χ0) is 25.5. The first-order valence-electron chi connectivity index (χ1n) is 11.8. The fourth-order valence-electron chi connectivity index (χ4n) is 3.71. The highest BCUT2D eigenvalue weighted by molar-refractivity contribution is 5.99. The van der Waals surface area contributed by atoms with Crippen LogP contribution in [0.15, 0.2) is 83.3 Å². The molecule has 0 aliphatic carbocycles. The van der Waals surface area contributed by atoms with Crippen LogP contribution in [0.4, 0.5) is 5.69 Å². The molecule has 0 aliphatic heterocycles. The van der Waals surface area contributed by atoms with Crippen molar-refractivity contribution in [2.24, 2.45) is 5.92 Å². The summed E-state index contributed by atoms with van der Waals surface area (Å²) in [5.74, 6) is 0.112. The molecular formula is C28H28N4O4. The van der Waals surface area contributed by atoms with Gasteiger partial charge in [0.15, 0.2) is 0 Å². The summed E-state index contributed by atoms with van der Waals surface area (Å²) in [7, 11) is 0. The first kappa shape index (κ1) is 24.7. The van der Waals surface area contributed by atoms with Gasteiger partial charge in [-0.05, 0) is 47.9 Å². The van der Waals surface area contributed by atoms with E-state index < -0.39 is 11.9 Å². The molecule has 0 spiro atoms. The first-order valence-corrected chi connectivity index (χ1v) is 11.8. The Labute approximate surface area is 209 Å². The monoisotopic (exact) mass is 484 g/mol. The smallest absolute Gasteiger partial charge is 0.331 e. The third-order valence-corrected chi connectivity index (χ3v) is 5.66. The van der Waals surface area contributed by atoms with Crippen molar-refractivity contribution in [1.29, 1.82) is 0 Å². The topological polar surface area (TPSA) is 106 Å². The summed E-state index contributed by atoms with van der Waals surface area (Å²) in [4.78, 5) is 28.8. The van der Waals surface area contributed by atoms with Crippen molar-refractivity contribution in [2.45, 2.75) is 33.2 Å². The molecule has 0 saturated heterocycles. The molecule has 1 heterocycles. The van der Waals surface area contributed by atoms with Gasteiger partial charge in [-0.15, -0.1) is 10.2 Å². The number of nitrogens with zero attached hydrogens (tertiary/aromatic N) is 2. The van der Waals surface area contributed by atoms with Crippen molar-refractivity contribution in [3.8, 4) is 22.9 Å². The van der Waals surface area contributed by atoms with E-state index in [0.717, 1.165) is 16.7 Å². The third kappa shape index (κ3) is 5.78. The minimum Gasteiger partial charge on any atom is -0.416 e. The van der Waals surface area contributed by atoms with Crippen LogP contribution in [0.25, 0.3) is 22.9 Å². The Kier molecular flexibility index (Phi) is 7.75. The van der Waals surface area contributed by atoms with Gasteiger partial charge in [-0.25, -0.2) is 4.79 Å². The highest BCUT2D eigenvalue weighted by atomic mass is 16.7. The lowest BCUT2D eigenvalue weighted by atomic mass is 9.94. The number of hydroxylamine groups is 1. The molecule has 8 nitrogen and oxygen atoms in total. The average Bonchev–Trinajstić information content (AvgIpc) is 3.41. The maximum absolute atomic E-state index is 12.6. The van der Waals surface area contributed by atoms with E-state index in [1.54, 1.807) is 19.1 Å². The molecular weight excluding hydrogens is 456 g/mol. The fourth-order valence-corrected chi connectivity index (χ4v) is 3.71. The highest BCUT2D eigenvalue weighted by Gasteiger charge is 2.20. The number of carbonyl (C=O) groups excluding carboxylic acids is 2. The van der Waals surface area contributed by atoms with Crippen LogP contribution in [0.3, 0.4) is 0 Å². The molecule has 2 N–H and O–H groups in total. The van der Waals surface area contributed by atoms with Crippen molar-refractivity contribution >= 4 is 17.6 Å². The molecule has 0 aliphatic rings. The van der Waals surface area contributed by atoms with Crippen LogP contribution in [0.2, 0.25) is 0 Å². The summed E-state index contributed by atoms with van der Waals surface area (Å²) in [5, 5.41) is 11.8. The zero-order valence-corrected chi connectivity index (χ0v) is 20.4. The lowest BCUT2D eigenvalue weighted by molar-refractivity contribution is -0.148. The molecule has 0 bridgehead atoms. The summed E-state index contributed by atoms with van der Waals surface area (Å²) in [6.45, 7) is 5.85. The number of amides is 1. The van der Waals surface area contributed by atoms with Crippen molar-refractivity contribution in [2.75, 3.05) is 5.32 Å². The Bertz CT molecular complexity index is 1320. The Morgan fingerprint density at radius 2 is 1.47 bits per heavy atom. The Morgan fingerprint density at radius 3 is 2.11 bits per heavy atom. The van der Waals surface area contributed by atoms with Crippen LogP contribution >= 0.6 is 0 Å². The summed E-state index contributed by atoms with van der Waals surface area (Å²) >= 11 is 0.